The molecular formula is C33H37N5O4. The van der Waals surface area contributed by atoms with Gasteiger partial charge >= 0.3 is 0 Å². The molecule has 2 saturated heterocycles. The summed E-state index contributed by atoms with van der Waals surface area (Å²) < 4.78 is 12.7. The van der Waals surface area contributed by atoms with Crippen LogP contribution in [0.5, 0.6) is 0 Å². The molecule has 9 heteroatoms. The van der Waals surface area contributed by atoms with Crippen molar-refractivity contribution in [2.45, 2.75) is 12.8 Å². The molecule has 4 aromatic rings. The number of benzene rings is 3. The van der Waals surface area contributed by atoms with E-state index in [9.17, 15) is 9.59 Å². The van der Waals surface area contributed by atoms with E-state index in [0.29, 0.717) is 24.9 Å². The molecule has 9 nitrogen and oxygen atoms in total. The van der Waals surface area contributed by atoms with E-state index >= 15 is 0 Å². The zero-order chi connectivity index (χ0) is 28.7. The Morgan fingerprint density at radius 3 is 2.17 bits per heavy atom. The Morgan fingerprint density at radius 2 is 1.43 bits per heavy atom. The summed E-state index contributed by atoms with van der Waals surface area (Å²) >= 11 is 0. The fraction of sp³-hybridized carbons (Fsp3) is 0.364. The molecule has 0 bridgehead atoms. The monoisotopic (exact) mass is 567 g/mol. The number of carbonyl (C=O) groups is 2. The van der Waals surface area contributed by atoms with Crippen LogP contribution in [0, 0.1) is 0 Å². The highest BCUT2D eigenvalue weighted by Crippen LogP contribution is 2.22. The van der Waals surface area contributed by atoms with Gasteiger partial charge in [0, 0.05) is 62.3 Å². The molecule has 3 aromatic carbocycles. The number of fused-ring (bicyclic) bond motifs is 1. The molecule has 0 atom stereocenters. The molecule has 218 valence electrons. The maximum Gasteiger partial charge on any atom is 0.224 e. The van der Waals surface area contributed by atoms with Crippen LogP contribution in [-0.2, 0) is 27.1 Å². The number of hydrogen-bond acceptors (Lipinski definition) is 7. The van der Waals surface area contributed by atoms with E-state index in [0.717, 1.165) is 92.6 Å². The highest BCUT2D eigenvalue weighted by atomic mass is 16.5. The minimum absolute atomic E-state index is 0.0238. The molecule has 0 unspecified atom stereocenters. The number of carbonyl (C=O) groups excluding carboxylic acids is 2. The molecule has 0 aliphatic carbocycles. The average Bonchev–Trinajstić information content (AvgIpc) is 3.46. The number of anilines is 1. The lowest BCUT2D eigenvalue weighted by atomic mass is 10.0. The molecule has 2 fully saturated rings. The molecule has 3 heterocycles. The summed E-state index contributed by atoms with van der Waals surface area (Å²) in [5.74, 6) is 0.117. The number of nitrogens with zero attached hydrogens (tertiary/aromatic N) is 4. The van der Waals surface area contributed by atoms with E-state index in [2.05, 4.69) is 20.2 Å². The first kappa shape index (κ1) is 28.1. The summed E-state index contributed by atoms with van der Waals surface area (Å²) in [6.45, 7) is 8.07. The number of aromatic nitrogens is 2. The largest absolute Gasteiger partial charge is 0.379 e. The van der Waals surface area contributed by atoms with Crippen molar-refractivity contribution in [3.05, 3.63) is 89.6 Å². The Labute approximate surface area is 246 Å². The van der Waals surface area contributed by atoms with Gasteiger partial charge in [0.15, 0.2) is 5.78 Å². The zero-order valence-electron chi connectivity index (χ0n) is 23.8. The highest BCUT2D eigenvalue weighted by molar-refractivity contribution is 5.98. The van der Waals surface area contributed by atoms with Crippen LogP contribution < -0.4 is 10.2 Å². The topological polar surface area (TPSA) is 88.9 Å². The molecule has 0 radical (unpaired) electrons. The van der Waals surface area contributed by atoms with Crippen molar-refractivity contribution in [1.82, 2.24) is 20.0 Å². The van der Waals surface area contributed by atoms with Gasteiger partial charge in [-0.3, -0.25) is 14.5 Å². The van der Waals surface area contributed by atoms with Crippen molar-refractivity contribution >= 4 is 28.3 Å². The van der Waals surface area contributed by atoms with Crippen LogP contribution >= 0.6 is 0 Å². The zero-order valence-corrected chi connectivity index (χ0v) is 23.8. The minimum Gasteiger partial charge on any atom is -0.379 e. The first-order chi connectivity index (χ1) is 20.6. The predicted octanol–water partition coefficient (Wildman–Crippen LogP) is 3.28. The van der Waals surface area contributed by atoms with Crippen molar-refractivity contribution in [3.8, 4) is 5.69 Å². The fourth-order valence-electron chi connectivity index (χ4n) is 5.55. The van der Waals surface area contributed by atoms with Gasteiger partial charge in [-0.15, -0.1) is 0 Å². The maximum absolute atomic E-state index is 13.0. The van der Waals surface area contributed by atoms with Crippen LogP contribution in [0.1, 0.15) is 21.5 Å². The molecule has 0 spiro atoms. The lowest BCUT2D eigenvalue weighted by molar-refractivity contribution is -0.120. The number of amides is 1. The molecule has 42 heavy (non-hydrogen) atoms. The Hall–Kier alpha value is -4.05. The molecule has 6 rings (SSSR count). The van der Waals surface area contributed by atoms with E-state index in [-0.39, 0.29) is 11.7 Å². The number of morpholine rings is 2. The van der Waals surface area contributed by atoms with Crippen LogP contribution in [0.2, 0.25) is 0 Å². The SMILES string of the molecule is O=C(Cc1ccc(-n2ncc3cc(CC(=O)c4ccc(N5CCOCC5)cc4)ccc32)cc1)NCCN1CCOCC1. The number of hydrogen-bond donors (Lipinski definition) is 1. The molecule has 1 aromatic heterocycles. The van der Waals surface area contributed by atoms with Gasteiger partial charge in [0.1, 0.15) is 0 Å². The van der Waals surface area contributed by atoms with Crippen LogP contribution in [0.3, 0.4) is 0 Å². The second kappa shape index (κ2) is 13.3. The van der Waals surface area contributed by atoms with Gasteiger partial charge < -0.3 is 19.7 Å². The van der Waals surface area contributed by atoms with Gasteiger partial charge in [0.25, 0.3) is 0 Å². The van der Waals surface area contributed by atoms with E-state index in [1.165, 1.54) is 0 Å². The van der Waals surface area contributed by atoms with Gasteiger partial charge in [-0.2, -0.15) is 5.10 Å². The third-order valence-electron chi connectivity index (χ3n) is 7.96. The first-order valence-electron chi connectivity index (χ1n) is 14.7. The lowest BCUT2D eigenvalue weighted by Crippen LogP contribution is -2.41. The Morgan fingerprint density at radius 1 is 0.762 bits per heavy atom. The van der Waals surface area contributed by atoms with E-state index in [1.54, 1.807) is 0 Å². The van der Waals surface area contributed by atoms with Gasteiger partial charge in [-0.1, -0.05) is 18.2 Å². The summed E-state index contributed by atoms with van der Waals surface area (Å²) in [5, 5.41) is 8.60. The summed E-state index contributed by atoms with van der Waals surface area (Å²) in [6, 6.07) is 21.9. The second-order valence-corrected chi connectivity index (χ2v) is 10.8. The van der Waals surface area contributed by atoms with Gasteiger partial charge in [-0.25, -0.2) is 4.68 Å². The van der Waals surface area contributed by atoms with E-state index < -0.39 is 0 Å². The molecule has 2 aliphatic heterocycles. The van der Waals surface area contributed by atoms with Crippen LogP contribution in [0.15, 0.2) is 72.9 Å². The average molecular weight is 568 g/mol. The summed E-state index contributed by atoms with van der Waals surface area (Å²) in [4.78, 5) is 30.0. The number of rotatable bonds is 10. The fourth-order valence-corrected chi connectivity index (χ4v) is 5.55. The Kier molecular flexibility index (Phi) is 8.89. The van der Waals surface area contributed by atoms with Crippen molar-refractivity contribution in [3.63, 3.8) is 0 Å². The normalized spacial score (nSPS) is 16.0. The van der Waals surface area contributed by atoms with Crippen LogP contribution in [0.4, 0.5) is 5.69 Å². The summed E-state index contributed by atoms with van der Waals surface area (Å²) in [5.41, 5.74) is 5.64. The number of ether oxygens (including phenoxy) is 2. The number of ketones is 1. The number of nitrogens with one attached hydrogen (secondary N) is 1. The highest BCUT2D eigenvalue weighted by Gasteiger charge is 2.14. The Balaban J connectivity index is 1.04. The summed E-state index contributed by atoms with van der Waals surface area (Å²) in [7, 11) is 0. The van der Waals surface area contributed by atoms with Crippen molar-refractivity contribution in [2.75, 3.05) is 70.6 Å². The quantitative estimate of drug-likeness (QED) is 0.294. The van der Waals surface area contributed by atoms with Crippen LogP contribution in [0.25, 0.3) is 16.6 Å². The molecular weight excluding hydrogens is 530 g/mol. The lowest BCUT2D eigenvalue weighted by Gasteiger charge is -2.28. The number of Topliss-reactive ketones (excluding diaryl/α,β-unsaturated/α-hetero) is 1. The van der Waals surface area contributed by atoms with Crippen molar-refractivity contribution in [2.24, 2.45) is 0 Å². The van der Waals surface area contributed by atoms with Crippen molar-refractivity contribution in [1.29, 1.82) is 0 Å². The van der Waals surface area contributed by atoms with Crippen molar-refractivity contribution < 1.29 is 19.1 Å². The van der Waals surface area contributed by atoms with E-state index in [4.69, 9.17) is 9.47 Å². The smallest absolute Gasteiger partial charge is 0.224 e. The first-order valence-corrected chi connectivity index (χ1v) is 14.7. The summed E-state index contributed by atoms with van der Waals surface area (Å²) in [6.07, 6.45) is 2.51. The van der Waals surface area contributed by atoms with E-state index in [1.807, 2.05) is 77.6 Å². The third kappa shape index (κ3) is 6.87. The molecule has 1 amide bonds. The van der Waals surface area contributed by atoms with Gasteiger partial charge in [0.05, 0.1) is 50.2 Å². The van der Waals surface area contributed by atoms with Gasteiger partial charge in [0.2, 0.25) is 5.91 Å². The Bertz CT molecular complexity index is 1500. The van der Waals surface area contributed by atoms with Gasteiger partial charge in [-0.05, 0) is 59.7 Å². The standard InChI is InChI=1S/C33H37N5O4/c39-32(27-4-8-29(9-5-27)37-15-19-42-20-16-37)22-26-3-10-31-28(21-26)24-35-38(31)30-6-1-25(2-7-30)23-33(40)34-11-12-36-13-17-41-18-14-36/h1-10,21,24H,11-20,22-23H2,(H,34,40). The second-order valence-electron chi connectivity index (χ2n) is 10.8. The molecule has 0 saturated carbocycles. The van der Waals surface area contributed by atoms with Crippen LogP contribution in [-0.4, -0.2) is 92.1 Å². The molecule has 2 aliphatic rings. The predicted molar refractivity (Wildman–Crippen MR) is 163 cm³/mol. The maximum atomic E-state index is 13.0. The molecule has 1 N–H and O–H groups in total. The minimum atomic E-state index is 0.0238. The third-order valence-corrected chi connectivity index (χ3v) is 7.96.